The molecule has 1 rings (SSSR count). The average Bonchev–Trinajstić information content (AvgIpc) is 1.82. The maximum Gasteiger partial charge on any atom is 0.324 e. The van der Waals surface area contributed by atoms with Gasteiger partial charge in [0.25, 0.3) is 0 Å². The largest absolute Gasteiger partial charge is 0.480 e. The summed E-state index contributed by atoms with van der Waals surface area (Å²) in [7, 11) is 0. The molecule has 70 valence electrons. The molecule has 0 amide bonds. The molecule has 3 N–H and O–H groups in total. The fraction of sp³-hybridized carbons (Fsp3) is 0.889. The van der Waals surface area contributed by atoms with Crippen molar-refractivity contribution in [2.45, 2.75) is 38.6 Å². The highest BCUT2D eigenvalue weighted by atomic mass is 16.4. The quantitative estimate of drug-likeness (QED) is 0.671. The molecule has 0 unspecified atom stereocenters. The van der Waals surface area contributed by atoms with Crippen LogP contribution in [0.25, 0.3) is 0 Å². The third-order valence-corrected chi connectivity index (χ3v) is 3.11. The van der Waals surface area contributed by atoms with E-state index in [4.69, 9.17) is 10.8 Å². The first kappa shape index (κ1) is 9.52. The SMILES string of the molecule is CC(C)[C@@](N)(C(=O)O)C1CCC1. The number of carboxylic acid groups (broad SMARTS) is 1. The van der Waals surface area contributed by atoms with Crippen LogP contribution in [0.4, 0.5) is 0 Å². The summed E-state index contributed by atoms with van der Waals surface area (Å²) in [5.74, 6) is -0.641. The minimum atomic E-state index is -0.988. The normalized spacial score (nSPS) is 23.3. The van der Waals surface area contributed by atoms with Crippen LogP contribution in [0.1, 0.15) is 33.1 Å². The fourth-order valence-electron chi connectivity index (χ4n) is 1.78. The number of hydrogen-bond donors (Lipinski definition) is 2. The molecule has 3 heteroatoms. The molecule has 1 saturated carbocycles. The lowest BCUT2D eigenvalue weighted by Crippen LogP contribution is -2.59. The first-order chi connectivity index (χ1) is 5.49. The van der Waals surface area contributed by atoms with Gasteiger partial charge in [-0.2, -0.15) is 0 Å². The highest BCUT2D eigenvalue weighted by molar-refractivity contribution is 5.79. The van der Waals surface area contributed by atoms with Gasteiger partial charge in [0.05, 0.1) is 0 Å². The topological polar surface area (TPSA) is 63.3 Å². The standard InChI is InChI=1S/C9H17NO2/c1-6(2)9(10,8(11)12)7-4-3-5-7/h6-7H,3-5,10H2,1-2H3,(H,11,12)/t9-/m0/s1. The molecule has 0 saturated heterocycles. The Morgan fingerprint density at radius 2 is 2.08 bits per heavy atom. The second kappa shape index (κ2) is 3.05. The van der Waals surface area contributed by atoms with Gasteiger partial charge < -0.3 is 10.8 Å². The van der Waals surface area contributed by atoms with Crippen molar-refractivity contribution in [3.8, 4) is 0 Å². The van der Waals surface area contributed by atoms with E-state index in [1.165, 1.54) is 0 Å². The number of aliphatic carboxylic acids is 1. The predicted octanol–water partition coefficient (Wildman–Crippen LogP) is 1.22. The van der Waals surface area contributed by atoms with Crippen LogP contribution in [-0.2, 0) is 4.79 Å². The Balaban J connectivity index is 2.77. The summed E-state index contributed by atoms with van der Waals surface area (Å²) in [5, 5.41) is 9.01. The number of rotatable bonds is 3. The zero-order valence-corrected chi connectivity index (χ0v) is 7.71. The molecule has 0 aromatic heterocycles. The van der Waals surface area contributed by atoms with Crippen molar-refractivity contribution in [1.29, 1.82) is 0 Å². The molecule has 0 aliphatic heterocycles. The van der Waals surface area contributed by atoms with Crippen LogP contribution >= 0.6 is 0 Å². The van der Waals surface area contributed by atoms with Crippen LogP contribution in [0.2, 0.25) is 0 Å². The highest BCUT2D eigenvalue weighted by Crippen LogP contribution is 2.38. The Morgan fingerprint density at radius 3 is 2.17 bits per heavy atom. The van der Waals surface area contributed by atoms with Gasteiger partial charge in [-0.05, 0) is 24.7 Å². The summed E-state index contributed by atoms with van der Waals surface area (Å²) in [6.07, 6.45) is 3.07. The summed E-state index contributed by atoms with van der Waals surface area (Å²) in [6, 6.07) is 0. The van der Waals surface area contributed by atoms with Crippen molar-refractivity contribution in [2.75, 3.05) is 0 Å². The Morgan fingerprint density at radius 1 is 1.58 bits per heavy atom. The third-order valence-electron chi connectivity index (χ3n) is 3.11. The van der Waals surface area contributed by atoms with Crippen molar-refractivity contribution in [1.82, 2.24) is 0 Å². The van der Waals surface area contributed by atoms with Crippen LogP contribution in [-0.4, -0.2) is 16.6 Å². The van der Waals surface area contributed by atoms with E-state index in [0.29, 0.717) is 0 Å². The van der Waals surface area contributed by atoms with Crippen molar-refractivity contribution in [3.63, 3.8) is 0 Å². The molecular weight excluding hydrogens is 154 g/mol. The van der Waals surface area contributed by atoms with E-state index in [2.05, 4.69) is 0 Å². The van der Waals surface area contributed by atoms with Crippen LogP contribution < -0.4 is 5.73 Å². The number of carboxylic acids is 1. The average molecular weight is 171 g/mol. The van der Waals surface area contributed by atoms with E-state index in [0.717, 1.165) is 19.3 Å². The van der Waals surface area contributed by atoms with Gasteiger partial charge in [-0.1, -0.05) is 20.3 Å². The minimum absolute atomic E-state index is 0.0142. The van der Waals surface area contributed by atoms with Crippen molar-refractivity contribution in [3.05, 3.63) is 0 Å². The molecule has 1 atom stereocenters. The lowest BCUT2D eigenvalue weighted by molar-refractivity contribution is -0.149. The molecule has 0 aromatic carbocycles. The van der Waals surface area contributed by atoms with Gasteiger partial charge in [0.1, 0.15) is 5.54 Å². The number of nitrogens with two attached hydrogens (primary N) is 1. The predicted molar refractivity (Wildman–Crippen MR) is 46.7 cm³/mol. The second-order valence-corrected chi connectivity index (χ2v) is 4.02. The maximum atomic E-state index is 11.0. The lowest BCUT2D eigenvalue weighted by Gasteiger charge is -2.42. The maximum absolute atomic E-state index is 11.0. The van der Waals surface area contributed by atoms with E-state index in [-0.39, 0.29) is 11.8 Å². The van der Waals surface area contributed by atoms with Crippen molar-refractivity contribution >= 4 is 5.97 Å². The number of hydrogen-bond acceptors (Lipinski definition) is 2. The van der Waals surface area contributed by atoms with Gasteiger partial charge >= 0.3 is 5.97 Å². The first-order valence-corrected chi connectivity index (χ1v) is 4.51. The summed E-state index contributed by atoms with van der Waals surface area (Å²) in [4.78, 5) is 11.0. The van der Waals surface area contributed by atoms with E-state index in [9.17, 15) is 4.79 Å². The Labute approximate surface area is 72.9 Å². The van der Waals surface area contributed by atoms with E-state index in [1.807, 2.05) is 13.8 Å². The molecule has 0 heterocycles. The van der Waals surface area contributed by atoms with Crippen LogP contribution in [0, 0.1) is 11.8 Å². The second-order valence-electron chi connectivity index (χ2n) is 4.02. The molecule has 1 fully saturated rings. The van der Waals surface area contributed by atoms with Crippen LogP contribution in [0.5, 0.6) is 0 Å². The van der Waals surface area contributed by atoms with Gasteiger partial charge in [0, 0.05) is 0 Å². The zero-order valence-electron chi connectivity index (χ0n) is 7.71. The number of carbonyl (C=O) groups is 1. The van der Waals surface area contributed by atoms with Gasteiger partial charge in [-0.15, -0.1) is 0 Å². The molecule has 0 bridgehead atoms. The van der Waals surface area contributed by atoms with Crippen LogP contribution in [0.15, 0.2) is 0 Å². The van der Waals surface area contributed by atoms with Gasteiger partial charge in [0.15, 0.2) is 0 Å². The van der Waals surface area contributed by atoms with Crippen LogP contribution in [0.3, 0.4) is 0 Å². The molecule has 1 aliphatic carbocycles. The summed E-state index contributed by atoms with van der Waals surface area (Å²) in [6.45, 7) is 3.76. The summed E-state index contributed by atoms with van der Waals surface area (Å²) < 4.78 is 0. The van der Waals surface area contributed by atoms with E-state index in [1.54, 1.807) is 0 Å². The summed E-state index contributed by atoms with van der Waals surface area (Å²) in [5.41, 5.74) is 4.90. The Kier molecular flexibility index (Phi) is 2.42. The first-order valence-electron chi connectivity index (χ1n) is 4.51. The Hall–Kier alpha value is -0.570. The molecule has 3 nitrogen and oxygen atoms in total. The summed E-state index contributed by atoms with van der Waals surface area (Å²) >= 11 is 0. The van der Waals surface area contributed by atoms with E-state index >= 15 is 0 Å². The molecule has 1 aliphatic rings. The molecule has 0 radical (unpaired) electrons. The highest BCUT2D eigenvalue weighted by Gasteiger charge is 2.47. The monoisotopic (exact) mass is 171 g/mol. The van der Waals surface area contributed by atoms with E-state index < -0.39 is 11.5 Å². The molecule has 12 heavy (non-hydrogen) atoms. The van der Waals surface area contributed by atoms with Gasteiger partial charge in [-0.25, -0.2) is 0 Å². The molecule has 0 aromatic rings. The lowest BCUT2D eigenvalue weighted by atomic mass is 9.66. The molecular formula is C9H17NO2. The fourth-order valence-corrected chi connectivity index (χ4v) is 1.78. The van der Waals surface area contributed by atoms with Crippen molar-refractivity contribution < 1.29 is 9.90 Å². The van der Waals surface area contributed by atoms with Gasteiger partial charge in [0.2, 0.25) is 0 Å². The smallest absolute Gasteiger partial charge is 0.324 e. The zero-order chi connectivity index (χ0) is 9.35. The molecule has 0 spiro atoms. The third kappa shape index (κ3) is 1.22. The van der Waals surface area contributed by atoms with Crippen molar-refractivity contribution in [2.24, 2.45) is 17.6 Å². The minimum Gasteiger partial charge on any atom is -0.480 e. The Bertz CT molecular complexity index is 187. The van der Waals surface area contributed by atoms with Gasteiger partial charge in [-0.3, -0.25) is 4.79 Å².